The Kier molecular flexibility index (Phi) is 8.74. The number of para-hydroxylation sites is 1. The van der Waals surface area contributed by atoms with Gasteiger partial charge in [0.05, 0.1) is 7.11 Å². The van der Waals surface area contributed by atoms with Crippen molar-refractivity contribution in [2.75, 3.05) is 32.1 Å². The van der Waals surface area contributed by atoms with Gasteiger partial charge in [-0.25, -0.2) is 9.59 Å². The lowest BCUT2D eigenvalue weighted by Crippen LogP contribution is -2.46. The topological polar surface area (TPSA) is 79.9 Å². The first-order valence-electron chi connectivity index (χ1n) is 11.5. The smallest absolute Gasteiger partial charge is 0.410 e. The molecule has 0 radical (unpaired) electrons. The molecule has 0 bridgehead atoms. The van der Waals surface area contributed by atoms with Crippen molar-refractivity contribution in [1.82, 2.24) is 10.2 Å². The van der Waals surface area contributed by atoms with Gasteiger partial charge in [-0.05, 0) is 70.3 Å². The van der Waals surface area contributed by atoms with Crippen molar-refractivity contribution in [3.63, 3.8) is 0 Å². The zero-order chi connectivity index (χ0) is 23.8. The highest BCUT2D eigenvalue weighted by Gasteiger charge is 2.26. The minimum absolute atomic E-state index is 0.217. The number of nitrogens with one attached hydrogen (secondary N) is 2. The molecule has 0 aliphatic carbocycles. The highest BCUT2D eigenvalue weighted by molar-refractivity contribution is 7.13. The number of hydrogen-bond donors (Lipinski definition) is 2. The summed E-state index contributed by atoms with van der Waals surface area (Å²) in [6.45, 7) is 8.67. The fraction of sp³-hybridized carbons (Fsp3) is 0.520. The van der Waals surface area contributed by atoms with Crippen LogP contribution in [0.3, 0.4) is 0 Å². The summed E-state index contributed by atoms with van der Waals surface area (Å²) in [5.41, 5.74) is 1.90. The number of ether oxygens (including phenoxy) is 2. The number of rotatable bonds is 8. The van der Waals surface area contributed by atoms with Gasteiger partial charge in [0, 0.05) is 36.2 Å². The van der Waals surface area contributed by atoms with Crippen molar-refractivity contribution in [3.8, 4) is 0 Å². The molecule has 33 heavy (non-hydrogen) atoms. The van der Waals surface area contributed by atoms with Gasteiger partial charge in [0.25, 0.3) is 0 Å². The van der Waals surface area contributed by atoms with E-state index in [0.717, 1.165) is 49.5 Å². The molecule has 0 atom stereocenters. The van der Waals surface area contributed by atoms with Crippen LogP contribution in [-0.2, 0) is 22.4 Å². The Balaban J connectivity index is 1.43. The SMILES string of the molecule is COC(=O)c1ccc(CNc2ccccc2CCNC2CCN(C(=O)OC(C)(C)C)CC2)s1. The molecule has 1 aromatic heterocycles. The Hall–Kier alpha value is -2.58. The number of amides is 1. The minimum Gasteiger partial charge on any atom is -0.465 e. The average molecular weight is 474 g/mol. The van der Waals surface area contributed by atoms with E-state index in [1.54, 1.807) is 11.0 Å². The van der Waals surface area contributed by atoms with Crippen LogP contribution in [0.15, 0.2) is 36.4 Å². The van der Waals surface area contributed by atoms with Gasteiger partial charge in [-0.2, -0.15) is 0 Å². The third kappa shape index (κ3) is 7.75. The molecular formula is C25H35N3O4S. The monoisotopic (exact) mass is 473 g/mol. The lowest BCUT2D eigenvalue weighted by atomic mass is 10.0. The van der Waals surface area contributed by atoms with Gasteiger partial charge in [0.1, 0.15) is 10.5 Å². The highest BCUT2D eigenvalue weighted by atomic mass is 32.1. The van der Waals surface area contributed by atoms with E-state index in [1.807, 2.05) is 32.9 Å². The zero-order valence-corrected chi connectivity index (χ0v) is 20.8. The summed E-state index contributed by atoms with van der Waals surface area (Å²) < 4.78 is 10.3. The van der Waals surface area contributed by atoms with Gasteiger partial charge in [0.2, 0.25) is 0 Å². The number of methoxy groups -OCH3 is 1. The molecule has 0 spiro atoms. The molecule has 3 rings (SSSR count). The standard InChI is InChI=1S/C25H35N3O4S/c1-25(2,3)32-24(30)28-15-12-19(13-16-28)26-14-11-18-7-5-6-8-21(18)27-17-20-9-10-22(33-20)23(29)31-4/h5-10,19,26-27H,11-17H2,1-4H3. The van der Waals surface area contributed by atoms with Crippen LogP contribution in [0.25, 0.3) is 0 Å². The maximum atomic E-state index is 12.2. The Labute approximate surface area is 200 Å². The molecule has 1 aliphatic heterocycles. The maximum absolute atomic E-state index is 12.2. The third-order valence-corrected chi connectivity index (χ3v) is 6.56. The van der Waals surface area contributed by atoms with Crippen molar-refractivity contribution >= 4 is 29.1 Å². The van der Waals surface area contributed by atoms with E-state index in [4.69, 9.17) is 9.47 Å². The van der Waals surface area contributed by atoms with Crippen LogP contribution in [0, 0.1) is 0 Å². The van der Waals surface area contributed by atoms with E-state index in [0.29, 0.717) is 17.5 Å². The van der Waals surface area contributed by atoms with Gasteiger partial charge < -0.3 is 25.0 Å². The average Bonchev–Trinajstić information content (AvgIpc) is 3.26. The summed E-state index contributed by atoms with van der Waals surface area (Å²) in [5.74, 6) is -0.297. The fourth-order valence-corrected chi connectivity index (χ4v) is 4.65. The molecule has 8 heteroatoms. The van der Waals surface area contributed by atoms with Crippen LogP contribution in [0.4, 0.5) is 10.5 Å². The Morgan fingerprint density at radius 2 is 1.85 bits per heavy atom. The number of anilines is 1. The van der Waals surface area contributed by atoms with E-state index in [2.05, 4.69) is 28.8 Å². The largest absolute Gasteiger partial charge is 0.465 e. The molecule has 1 fully saturated rings. The van der Waals surface area contributed by atoms with Gasteiger partial charge in [-0.3, -0.25) is 0 Å². The van der Waals surface area contributed by atoms with Crippen molar-refractivity contribution < 1.29 is 19.1 Å². The number of carbonyl (C=O) groups excluding carboxylic acids is 2. The van der Waals surface area contributed by atoms with Gasteiger partial charge in [0.15, 0.2) is 0 Å². The van der Waals surface area contributed by atoms with Crippen molar-refractivity contribution in [2.24, 2.45) is 0 Å². The zero-order valence-electron chi connectivity index (χ0n) is 20.0. The highest BCUT2D eigenvalue weighted by Crippen LogP contribution is 2.21. The maximum Gasteiger partial charge on any atom is 0.410 e. The summed E-state index contributed by atoms with van der Waals surface area (Å²) in [5, 5.41) is 7.14. The number of carbonyl (C=O) groups is 2. The van der Waals surface area contributed by atoms with E-state index in [1.165, 1.54) is 24.0 Å². The second-order valence-electron chi connectivity index (χ2n) is 9.21. The third-order valence-electron chi connectivity index (χ3n) is 5.49. The van der Waals surface area contributed by atoms with E-state index in [9.17, 15) is 9.59 Å². The van der Waals surface area contributed by atoms with Crippen molar-refractivity contribution in [3.05, 3.63) is 51.7 Å². The summed E-state index contributed by atoms with van der Waals surface area (Å²) in [4.78, 5) is 27.4. The lowest BCUT2D eigenvalue weighted by Gasteiger charge is -2.33. The summed E-state index contributed by atoms with van der Waals surface area (Å²) in [6.07, 6.45) is 2.55. The molecule has 180 valence electrons. The lowest BCUT2D eigenvalue weighted by molar-refractivity contribution is 0.0198. The van der Waals surface area contributed by atoms with Gasteiger partial charge in [-0.15, -0.1) is 11.3 Å². The van der Waals surface area contributed by atoms with Crippen LogP contribution in [0.5, 0.6) is 0 Å². The van der Waals surface area contributed by atoms with Crippen LogP contribution < -0.4 is 10.6 Å². The van der Waals surface area contributed by atoms with E-state index >= 15 is 0 Å². The van der Waals surface area contributed by atoms with E-state index < -0.39 is 5.60 Å². The van der Waals surface area contributed by atoms with Gasteiger partial charge >= 0.3 is 12.1 Å². The molecule has 2 N–H and O–H groups in total. The number of benzene rings is 1. The predicted molar refractivity (Wildman–Crippen MR) is 132 cm³/mol. The number of hydrogen-bond acceptors (Lipinski definition) is 7. The summed E-state index contributed by atoms with van der Waals surface area (Å²) in [7, 11) is 1.40. The molecule has 0 saturated carbocycles. The molecule has 1 aliphatic rings. The van der Waals surface area contributed by atoms with Crippen molar-refractivity contribution in [2.45, 2.75) is 58.2 Å². The normalized spacial score (nSPS) is 14.7. The quantitative estimate of drug-likeness (QED) is 0.542. The summed E-state index contributed by atoms with van der Waals surface area (Å²) in [6, 6.07) is 12.5. The number of likely N-dealkylation sites (tertiary alicyclic amines) is 1. The second kappa shape index (κ2) is 11.5. The van der Waals surface area contributed by atoms with Crippen molar-refractivity contribution in [1.29, 1.82) is 0 Å². The fourth-order valence-electron chi connectivity index (χ4n) is 3.78. The number of esters is 1. The minimum atomic E-state index is -0.458. The van der Waals surface area contributed by atoms with Crippen LogP contribution in [0.1, 0.15) is 53.7 Å². The first-order chi connectivity index (χ1) is 15.7. The molecule has 7 nitrogen and oxygen atoms in total. The van der Waals surface area contributed by atoms with Gasteiger partial charge in [-0.1, -0.05) is 18.2 Å². The molecular weight excluding hydrogens is 438 g/mol. The molecule has 0 unspecified atom stereocenters. The first kappa shape index (κ1) is 25.1. The molecule has 1 amide bonds. The number of piperidine rings is 1. The van der Waals surface area contributed by atoms with Crippen LogP contribution in [-0.4, -0.2) is 55.3 Å². The molecule has 1 saturated heterocycles. The number of nitrogens with zero attached hydrogens (tertiary/aromatic N) is 1. The van der Waals surface area contributed by atoms with E-state index in [-0.39, 0.29) is 12.1 Å². The molecule has 2 heterocycles. The first-order valence-corrected chi connectivity index (χ1v) is 12.3. The van der Waals surface area contributed by atoms with Crippen LogP contribution in [0.2, 0.25) is 0 Å². The Bertz CT molecular complexity index is 930. The molecule has 2 aromatic rings. The Morgan fingerprint density at radius 1 is 1.12 bits per heavy atom. The van der Waals surface area contributed by atoms with Crippen LogP contribution >= 0.6 is 11.3 Å². The Morgan fingerprint density at radius 3 is 2.55 bits per heavy atom. The summed E-state index contributed by atoms with van der Waals surface area (Å²) >= 11 is 1.45. The second-order valence-corrected chi connectivity index (χ2v) is 10.4. The number of thiophene rings is 1. The molecule has 1 aromatic carbocycles. The predicted octanol–water partition coefficient (Wildman–Crippen LogP) is 4.68.